The Kier molecular flexibility index (Phi) is 6.41. The van der Waals surface area contributed by atoms with Crippen LogP contribution >= 0.6 is 11.6 Å². The van der Waals surface area contributed by atoms with Crippen molar-refractivity contribution in [2.75, 3.05) is 32.8 Å². The minimum Gasteiger partial charge on any atom is -0.483 e. The molecule has 2 N–H and O–H groups in total. The van der Waals surface area contributed by atoms with Gasteiger partial charge in [0.1, 0.15) is 5.75 Å². The third-order valence-corrected chi connectivity index (χ3v) is 6.71. The van der Waals surface area contributed by atoms with Crippen molar-refractivity contribution < 1.29 is 22.7 Å². The van der Waals surface area contributed by atoms with Crippen molar-refractivity contribution in [1.82, 2.24) is 9.21 Å². The van der Waals surface area contributed by atoms with Crippen LogP contribution in [0.3, 0.4) is 0 Å². The number of carbonyl (C=O) groups excluding carboxylic acids is 2. The monoisotopic (exact) mass is 437 g/mol. The van der Waals surface area contributed by atoms with E-state index in [0.29, 0.717) is 5.02 Å². The fourth-order valence-corrected chi connectivity index (χ4v) is 4.51. The second-order valence-electron chi connectivity index (χ2n) is 6.39. The number of nitrogens with zero attached hydrogens (tertiary/aromatic N) is 2. The second-order valence-corrected chi connectivity index (χ2v) is 8.76. The van der Waals surface area contributed by atoms with Gasteiger partial charge in [-0.05, 0) is 36.4 Å². The Morgan fingerprint density at radius 3 is 2.24 bits per heavy atom. The van der Waals surface area contributed by atoms with Crippen molar-refractivity contribution in [3.8, 4) is 5.75 Å². The number of hydrogen-bond donors (Lipinski definition) is 1. The molecule has 0 aromatic heterocycles. The highest BCUT2D eigenvalue weighted by Crippen LogP contribution is 2.20. The Bertz CT molecular complexity index is 1000. The van der Waals surface area contributed by atoms with Crippen molar-refractivity contribution in [1.29, 1.82) is 0 Å². The zero-order valence-electron chi connectivity index (χ0n) is 15.5. The lowest BCUT2D eigenvalue weighted by Gasteiger charge is -2.34. The number of amides is 2. The number of carbonyl (C=O) groups is 2. The molecule has 0 saturated carbocycles. The van der Waals surface area contributed by atoms with Crippen molar-refractivity contribution in [3.63, 3.8) is 0 Å². The van der Waals surface area contributed by atoms with Gasteiger partial charge in [-0.15, -0.1) is 0 Å². The summed E-state index contributed by atoms with van der Waals surface area (Å²) in [4.78, 5) is 25.5. The minimum absolute atomic E-state index is 0.160. The molecule has 10 heteroatoms. The number of rotatable bonds is 6. The molecule has 0 radical (unpaired) electrons. The van der Waals surface area contributed by atoms with Crippen LogP contribution in [0.1, 0.15) is 10.4 Å². The first-order chi connectivity index (χ1) is 13.8. The summed E-state index contributed by atoms with van der Waals surface area (Å²) < 4.78 is 32.2. The van der Waals surface area contributed by atoms with Crippen LogP contribution in [0, 0.1) is 0 Å². The van der Waals surface area contributed by atoms with Gasteiger partial charge in [0.25, 0.3) is 11.8 Å². The summed E-state index contributed by atoms with van der Waals surface area (Å²) in [6.45, 7) is 0.566. The molecule has 0 bridgehead atoms. The largest absolute Gasteiger partial charge is 0.483 e. The Labute approximate surface area is 173 Å². The summed E-state index contributed by atoms with van der Waals surface area (Å²) in [7, 11) is -3.64. The van der Waals surface area contributed by atoms with Crippen LogP contribution in [0.15, 0.2) is 53.4 Å². The molecule has 154 valence electrons. The van der Waals surface area contributed by atoms with E-state index in [9.17, 15) is 18.0 Å². The van der Waals surface area contributed by atoms with Gasteiger partial charge in [-0.1, -0.05) is 23.7 Å². The number of primary amides is 1. The maximum absolute atomic E-state index is 12.7. The molecule has 0 unspecified atom stereocenters. The van der Waals surface area contributed by atoms with E-state index in [-0.39, 0.29) is 54.9 Å². The number of halogens is 1. The Morgan fingerprint density at radius 2 is 1.62 bits per heavy atom. The molecule has 1 aliphatic rings. The highest BCUT2D eigenvalue weighted by Gasteiger charge is 2.30. The van der Waals surface area contributed by atoms with E-state index in [4.69, 9.17) is 22.1 Å². The van der Waals surface area contributed by atoms with Gasteiger partial charge in [0.05, 0.1) is 10.5 Å². The predicted octanol–water partition coefficient (Wildman–Crippen LogP) is 1.35. The molecular weight excluding hydrogens is 418 g/mol. The lowest BCUT2D eigenvalue weighted by molar-refractivity contribution is -0.134. The smallest absolute Gasteiger partial charge is 0.260 e. The van der Waals surface area contributed by atoms with Gasteiger partial charge in [0.15, 0.2) is 6.61 Å². The summed E-state index contributed by atoms with van der Waals surface area (Å²) in [6.07, 6.45) is 0. The molecule has 3 rings (SSSR count). The van der Waals surface area contributed by atoms with Gasteiger partial charge in [-0.3, -0.25) is 9.59 Å². The Hall–Kier alpha value is -2.62. The lowest BCUT2D eigenvalue weighted by Crippen LogP contribution is -2.51. The molecule has 8 nitrogen and oxygen atoms in total. The molecule has 29 heavy (non-hydrogen) atoms. The predicted molar refractivity (Wildman–Crippen MR) is 107 cm³/mol. The third-order valence-electron chi connectivity index (χ3n) is 4.55. The van der Waals surface area contributed by atoms with E-state index in [1.54, 1.807) is 18.2 Å². The standard InChI is InChI=1S/C19H20ClN3O5S/c20-14-5-7-15(8-6-14)29(26,27)23-11-9-22(10-12-23)18(24)13-28-17-4-2-1-3-16(17)19(21)25/h1-8H,9-13H2,(H2,21,25). The van der Waals surface area contributed by atoms with Crippen molar-refractivity contribution in [2.24, 2.45) is 5.73 Å². The fraction of sp³-hybridized carbons (Fsp3) is 0.263. The first-order valence-corrected chi connectivity index (χ1v) is 10.7. The van der Waals surface area contributed by atoms with Crippen molar-refractivity contribution in [3.05, 3.63) is 59.1 Å². The molecule has 2 aromatic carbocycles. The van der Waals surface area contributed by atoms with E-state index < -0.39 is 15.9 Å². The second kappa shape index (κ2) is 8.81. The number of para-hydroxylation sites is 1. The molecule has 0 atom stereocenters. The first-order valence-electron chi connectivity index (χ1n) is 8.84. The first kappa shape index (κ1) is 21.1. The number of nitrogens with two attached hydrogens (primary N) is 1. The SMILES string of the molecule is NC(=O)c1ccccc1OCC(=O)N1CCN(S(=O)(=O)c2ccc(Cl)cc2)CC1. The number of piperazine rings is 1. The topological polar surface area (TPSA) is 110 Å². The van der Waals surface area contributed by atoms with E-state index in [0.717, 1.165) is 0 Å². The Balaban J connectivity index is 1.57. The van der Waals surface area contributed by atoms with E-state index >= 15 is 0 Å². The van der Waals surface area contributed by atoms with E-state index in [2.05, 4.69) is 0 Å². The molecule has 2 aromatic rings. The maximum atomic E-state index is 12.7. The zero-order chi connectivity index (χ0) is 21.0. The van der Waals surface area contributed by atoms with Crippen molar-refractivity contribution in [2.45, 2.75) is 4.90 Å². The Morgan fingerprint density at radius 1 is 1.00 bits per heavy atom. The van der Waals surface area contributed by atoms with Gasteiger partial charge in [0.2, 0.25) is 10.0 Å². The van der Waals surface area contributed by atoms with Crippen LogP contribution in [0.25, 0.3) is 0 Å². The van der Waals surface area contributed by atoms with Gasteiger partial charge in [-0.25, -0.2) is 8.42 Å². The lowest BCUT2D eigenvalue weighted by atomic mass is 10.2. The molecule has 0 aliphatic carbocycles. The fourth-order valence-electron chi connectivity index (χ4n) is 2.96. The highest BCUT2D eigenvalue weighted by molar-refractivity contribution is 7.89. The summed E-state index contributed by atoms with van der Waals surface area (Å²) in [6, 6.07) is 12.4. The van der Waals surface area contributed by atoms with Crippen LogP contribution in [0.4, 0.5) is 0 Å². The average Bonchev–Trinajstić information content (AvgIpc) is 2.72. The zero-order valence-corrected chi connectivity index (χ0v) is 17.0. The number of ether oxygens (including phenoxy) is 1. The molecule has 1 aliphatic heterocycles. The molecule has 1 heterocycles. The summed E-state index contributed by atoms with van der Waals surface area (Å²) >= 11 is 5.81. The maximum Gasteiger partial charge on any atom is 0.260 e. The molecule has 0 spiro atoms. The molecule has 2 amide bonds. The average molecular weight is 438 g/mol. The quantitative estimate of drug-likeness (QED) is 0.733. The van der Waals surface area contributed by atoms with E-state index in [1.807, 2.05) is 0 Å². The van der Waals surface area contributed by atoms with Crippen molar-refractivity contribution >= 4 is 33.4 Å². The summed E-state index contributed by atoms with van der Waals surface area (Å²) in [5, 5.41) is 0.456. The van der Waals surface area contributed by atoms with Gasteiger partial charge in [0, 0.05) is 31.2 Å². The summed E-state index contributed by atoms with van der Waals surface area (Å²) in [5.41, 5.74) is 5.49. The van der Waals surface area contributed by atoms with Crippen LogP contribution in [-0.2, 0) is 14.8 Å². The van der Waals surface area contributed by atoms with Gasteiger partial charge in [-0.2, -0.15) is 4.31 Å². The van der Waals surface area contributed by atoms with E-state index in [1.165, 1.54) is 39.5 Å². The molecular formula is C19H20ClN3O5S. The number of sulfonamides is 1. The normalized spacial score (nSPS) is 15.1. The van der Waals surface area contributed by atoms with Crippen LogP contribution in [-0.4, -0.2) is 62.2 Å². The van der Waals surface area contributed by atoms with Crippen LogP contribution in [0.5, 0.6) is 5.75 Å². The third kappa shape index (κ3) is 4.87. The van der Waals surface area contributed by atoms with Crippen LogP contribution < -0.4 is 10.5 Å². The number of benzene rings is 2. The minimum atomic E-state index is -3.64. The van der Waals surface area contributed by atoms with Crippen LogP contribution in [0.2, 0.25) is 5.02 Å². The summed E-state index contributed by atoms with van der Waals surface area (Å²) in [5.74, 6) is -0.709. The molecule has 1 fully saturated rings. The number of hydrogen-bond acceptors (Lipinski definition) is 5. The highest BCUT2D eigenvalue weighted by atomic mass is 35.5. The molecule has 1 saturated heterocycles. The van der Waals surface area contributed by atoms with Gasteiger partial charge < -0.3 is 15.4 Å². The van der Waals surface area contributed by atoms with Gasteiger partial charge >= 0.3 is 0 Å².